The van der Waals surface area contributed by atoms with Crippen molar-refractivity contribution in [2.45, 2.75) is 63.8 Å². The van der Waals surface area contributed by atoms with E-state index in [-0.39, 0.29) is 57.6 Å². The first-order valence-electron chi connectivity index (χ1n) is 14.6. The summed E-state index contributed by atoms with van der Waals surface area (Å²) in [7, 11) is 0. The maximum absolute atomic E-state index is 14.4. The minimum Gasteiger partial charge on any atom is -0.483 e. The number of oxime groups is 1. The molecule has 4 aromatic rings. The highest BCUT2D eigenvalue weighted by molar-refractivity contribution is 7.14. The van der Waals surface area contributed by atoms with Gasteiger partial charge < -0.3 is 19.0 Å². The molecule has 3 atom stereocenters. The van der Waals surface area contributed by atoms with Crippen LogP contribution in [0, 0.1) is 17.5 Å². The lowest BCUT2D eigenvalue weighted by atomic mass is 9.84. The predicted octanol–water partition coefficient (Wildman–Crippen LogP) is 5.67. The minimum atomic E-state index is -1.04. The average molecular weight is 636 g/mol. The molecule has 1 fully saturated rings. The van der Waals surface area contributed by atoms with E-state index >= 15 is 0 Å². The fourth-order valence-electron chi connectivity index (χ4n) is 6.45. The Morgan fingerprint density at radius 1 is 1.11 bits per heavy atom. The van der Waals surface area contributed by atoms with Crippen LogP contribution >= 0.6 is 11.3 Å². The van der Waals surface area contributed by atoms with Crippen LogP contribution in [0.2, 0.25) is 0 Å². The fraction of sp³-hybridized carbons (Fsp3) is 0.344. The normalized spacial score (nSPS) is 22.2. The van der Waals surface area contributed by atoms with Gasteiger partial charge in [0.15, 0.2) is 22.1 Å². The molecule has 1 amide bonds. The molecule has 0 saturated carbocycles. The first-order chi connectivity index (χ1) is 21.6. The zero-order valence-corrected chi connectivity index (χ0v) is 25.2. The highest BCUT2D eigenvalue weighted by Crippen LogP contribution is 2.47. The summed E-state index contributed by atoms with van der Waals surface area (Å²) in [4.78, 5) is 36.2. The monoisotopic (exact) mass is 635 g/mol. The van der Waals surface area contributed by atoms with E-state index in [0.29, 0.717) is 37.9 Å². The molecule has 2 bridgehead atoms. The molecule has 9 nitrogen and oxygen atoms in total. The van der Waals surface area contributed by atoms with Crippen LogP contribution in [0.3, 0.4) is 0 Å². The van der Waals surface area contributed by atoms with Crippen molar-refractivity contribution in [1.29, 1.82) is 0 Å². The number of carbonyl (C=O) groups is 1. The zero-order chi connectivity index (χ0) is 31.5. The highest BCUT2D eigenvalue weighted by Gasteiger charge is 2.53. The van der Waals surface area contributed by atoms with Crippen molar-refractivity contribution in [2.75, 3.05) is 6.54 Å². The van der Waals surface area contributed by atoms with Crippen LogP contribution in [-0.2, 0) is 17.9 Å². The van der Waals surface area contributed by atoms with Crippen molar-refractivity contribution >= 4 is 23.0 Å². The minimum absolute atomic E-state index is 0.0361. The van der Waals surface area contributed by atoms with Gasteiger partial charge in [-0.15, -0.1) is 10.2 Å². The van der Waals surface area contributed by atoms with Gasteiger partial charge in [-0.05, 0) is 32.3 Å². The van der Waals surface area contributed by atoms with Gasteiger partial charge in [0.25, 0.3) is 5.91 Å². The Morgan fingerprint density at radius 3 is 2.58 bits per heavy atom. The Labute approximate surface area is 259 Å². The van der Waals surface area contributed by atoms with E-state index in [1.807, 2.05) is 44.2 Å². The first kappa shape index (κ1) is 29.2. The molecule has 3 aliphatic heterocycles. The average Bonchev–Trinajstić information content (AvgIpc) is 3.61. The Morgan fingerprint density at radius 2 is 1.87 bits per heavy atom. The van der Waals surface area contributed by atoms with Gasteiger partial charge in [-0.1, -0.05) is 46.8 Å². The van der Waals surface area contributed by atoms with Gasteiger partial charge in [0.2, 0.25) is 5.43 Å². The van der Waals surface area contributed by atoms with Crippen molar-refractivity contribution in [3.8, 4) is 16.3 Å². The van der Waals surface area contributed by atoms with Gasteiger partial charge in [-0.3, -0.25) is 9.59 Å². The van der Waals surface area contributed by atoms with Gasteiger partial charge in [-0.25, -0.2) is 13.2 Å². The molecule has 0 radical (unpaired) electrons. The molecule has 0 N–H and O–H groups in total. The highest BCUT2D eigenvalue weighted by atomic mass is 32.1. The Hall–Kier alpha value is -4.52. The van der Waals surface area contributed by atoms with Crippen LogP contribution in [0.15, 0.2) is 58.6 Å². The van der Waals surface area contributed by atoms with E-state index in [1.54, 1.807) is 15.7 Å². The molecule has 5 heterocycles. The molecule has 7 rings (SSSR count). The Bertz CT molecular complexity index is 1890. The predicted molar refractivity (Wildman–Crippen MR) is 160 cm³/mol. The van der Waals surface area contributed by atoms with Gasteiger partial charge in [-0.2, -0.15) is 0 Å². The van der Waals surface area contributed by atoms with Crippen molar-refractivity contribution in [3.05, 3.63) is 98.2 Å². The quantitative estimate of drug-likeness (QED) is 0.271. The molecular formula is C32H28F3N5O4S. The van der Waals surface area contributed by atoms with E-state index in [9.17, 15) is 22.8 Å². The summed E-state index contributed by atoms with van der Waals surface area (Å²) in [6.45, 7) is 4.27. The largest absolute Gasteiger partial charge is 0.483 e. The summed E-state index contributed by atoms with van der Waals surface area (Å²) in [5.74, 6) is -3.55. The van der Waals surface area contributed by atoms with Crippen LogP contribution < -0.4 is 10.2 Å². The number of fused-ring (bicyclic) bond motifs is 5. The number of benzene rings is 2. The summed E-state index contributed by atoms with van der Waals surface area (Å²) >= 11 is 0.976. The fourth-order valence-corrected chi connectivity index (χ4v) is 7.31. The number of amides is 1. The van der Waals surface area contributed by atoms with Gasteiger partial charge in [0, 0.05) is 49.3 Å². The smallest absolute Gasteiger partial charge is 0.274 e. The lowest BCUT2D eigenvalue weighted by Crippen LogP contribution is -2.52. The summed E-state index contributed by atoms with van der Waals surface area (Å²) in [5, 5.41) is 13.0. The number of nitrogens with zero attached hydrogens (tertiary/aromatic N) is 5. The molecule has 0 unspecified atom stereocenters. The van der Waals surface area contributed by atoms with Crippen molar-refractivity contribution in [2.24, 2.45) is 5.16 Å². The van der Waals surface area contributed by atoms with Gasteiger partial charge in [0.1, 0.15) is 29.1 Å². The number of hydrogen-bond donors (Lipinski definition) is 0. The van der Waals surface area contributed by atoms with E-state index < -0.39 is 34.5 Å². The SMILES string of the molecule is CC1=NO[C@@]2(CC[C@H](C)N3C[C@H]2n2cc(-c4nnc(Cc5c(F)cc(F)cc5F)s4)c(=O)c(OCc4ccccc4)c2C3=O)C1. The van der Waals surface area contributed by atoms with E-state index in [2.05, 4.69) is 15.4 Å². The molecule has 0 aliphatic carbocycles. The number of pyridine rings is 1. The van der Waals surface area contributed by atoms with Crippen molar-refractivity contribution in [3.63, 3.8) is 0 Å². The van der Waals surface area contributed by atoms with Crippen LogP contribution in [0.1, 0.15) is 65.8 Å². The zero-order valence-electron chi connectivity index (χ0n) is 24.4. The maximum Gasteiger partial charge on any atom is 0.274 e. The third-order valence-corrected chi connectivity index (χ3v) is 9.74. The summed E-state index contributed by atoms with van der Waals surface area (Å²) in [6.07, 6.45) is 3.19. The maximum atomic E-state index is 14.4. The van der Waals surface area contributed by atoms with Crippen molar-refractivity contribution in [1.82, 2.24) is 19.7 Å². The van der Waals surface area contributed by atoms with E-state index in [0.717, 1.165) is 22.6 Å². The topological polar surface area (TPSA) is 98.9 Å². The molecule has 232 valence electrons. The number of aromatic nitrogens is 3. The third kappa shape index (κ3) is 5.08. The summed E-state index contributed by atoms with van der Waals surface area (Å²) in [5.41, 5.74) is 0.223. The van der Waals surface area contributed by atoms with Gasteiger partial charge in [0.05, 0.1) is 17.3 Å². The lowest BCUT2D eigenvalue weighted by Gasteiger charge is -2.42. The number of carbonyl (C=O) groups excluding carboxylic acids is 1. The molecule has 2 aromatic heterocycles. The second kappa shape index (κ2) is 11.1. The second-order valence-corrected chi connectivity index (χ2v) is 12.8. The summed E-state index contributed by atoms with van der Waals surface area (Å²) < 4.78 is 50.2. The Balaban J connectivity index is 1.36. The molecular weight excluding hydrogens is 607 g/mol. The van der Waals surface area contributed by atoms with Crippen LogP contribution in [0.25, 0.3) is 10.6 Å². The van der Waals surface area contributed by atoms with Gasteiger partial charge >= 0.3 is 0 Å². The molecule has 1 spiro atoms. The molecule has 13 heteroatoms. The standard InChI is InChI=1S/C32H28F3N5O4S/c1-17-13-32(44-38-17)9-8-18(2)39-15-25(32)40-14-22(28(41)29(27(40)31(39)42)43-16-19-6-4-3-5-7-19)30-37-36-26(45-30)12-21-23(34)10-20(33)11-24(21)35/h3-7,10-11,14,18,25H,8-9,12-13,15-16H2,1-2H3/t18-,25+,32-/m0/s1. The molecule has 45 heavy (non-hydrogen) atoms. The Kier molecular flexibility index (Phi) is 7.22. The van der Waals surface area contributed by atoms with Crippen LogP contribution in [0.5, 0.6) is 5.75 Å². The van der Waals surface area contributed by atoms with E-state index in [4.69, 9.17) is 9.57 Å². The molecule has 2 aromatic carbocycles. The van der Waals surface area contributed by atoms with E-state index in [1.165, 1.54) is 0 Å². The number of ether oxygens (including phenoxy) is 1. The third-order valence-electron chi connectivity index (χ3n) is 8.78. The first-order valence-corrected chi connectivity index (χ1v) is 15.4. The van der Waals surface area contributed by atoms with Crippen LogP contribution in [0.4, 0.5) is 13.2 Å². The number of halogens is 3. The second-order valence-electron chi connectivity index (χ2n) is 11.8. The number of rotatable bonds is 6. The number of hydrogen-bond acceptors (Lipinski definition) is 8. The molecule has 1 saturated heterocycles. The summed E-state index contributed by atoms with van der Waals surface area (Å²) in [6, 6.07) is 9.98. The van der Waals surface area contributed by atoms with Crippen LogP contribution in [-0.4, -0.2) is 49.5 Å². The molecule has 3 aliphatic rings. The lowest BCUT2D eigenvalue weighted by molar-refractivity contribution is -0.0655. The van der Waals surface area contributed by atoms with Crippen molar-refractivity contribution < 1.29 is 27.5 Å².